The van der Waals surface area contributed by atoms with Crippen molar-refractivity contribution < 1.29 is 27.5 Å². The highest BCUT2D eigenvalue weighted by molar-refractivity contribution is 6.31. The number of esters is 1. The van der Waals surface area contributed by atoms with E-state index in [0.29, 0.717) is 0 Å². The minimum absolute atomic E-state index is 0.0552. The molecule has 1 heterocycles. The molecule has 8 heteroatoms. The number of benzene rings is 1. The van der Waals surface area contributed by atoms with E-state index in [9.17, 15) is 22.8 Å². The molecule has 4 nitrogen and oxygen atoms in total. The van der Waals surface area contributed by atoms with Gasteiger partial charge in [-0.3, -0.25) is 9.69 Å². The van der Waals surface area contributed by atoms with Gasteiger partial charge in [-0.25, -0.2) is 4.79 Å². The molecule has 0 spiro atoms. The quantitative estimate of drug-likeness (QED) is 0.795. The minimum atomic E-state index is -4.60. The van der Waals surface area contributed by atoms with Crippen LogP contribution in [-0.4, -0.2) is 24.5 Å². The van der Waals surface area contributed by atoms with Crippen LogP contribution < -0.4 is 4.90 Å². The average molecular weight is 336 g/mol. The molecular weight excluding hydrogens is 323 g/mol. The Balaban J connectivity index is 2.42. The van der Waals surface area contributed by atoms with E-state index in [4.69, 9.17) is 16.3 Å². The second kappa shape index (κ2) is 6.16. The van der Waals surface area contributed by atoms with Gasteiger partial charge in [-0.15, -0.1) is 0 Å². The van der Waals surface area contributed by atoms with Gasteiger partial charge in [-0.1, -0.05) is 11.6 Å². The summed E-state index contributed by atoms with van der Waals surface area (Å²) in [5, 5.41) is -0.160. The molecule has 120 valence electrons. The van der Waals surface area contributed by atoms with Crippen molar-refractivity contribution in [2.75, 3.05) is 11.5 Å². The van der Waals surface area contributed by atoms with Crippen LogP contribution in [0, 0.1) is 0 Å². The molecule has 0 radical (unpaired) electrons. The first kappa shape index (κ1) is 16.6. The second-order valence-corrected chi connectivity index (χ2v) is 5.20. The van der Waals surface area contributed by atoms with Crippen molar-refractivity contribution in [1.29, 1.82) is 0 Å². The number of carbonyl (C=O) groups is 2. The topological polar surface area (TPSA) is 46.6 Å². The van der Waals surface area contributed by atoms with Crippen LogP contribution in [0.4, 0.5) is 18.9 Å². The lowest BCUT2D eigenvalue weighted by Crippen LogP contribution is -2.39. The van der Waals surface area contributed by atoms with Gasteiger partial charge in [0.1, 0.15) is 6.04 Å². The van der Waals surface area contributed by atoms with Crippen molar-refractivity contribution >= 4 is 29.2 Å². The third-order valence-corrected chi connectivity index (χ3v) is 3.48. The molecule has 0 aromatic heterocycles. The largest absolute Gasteiger partial charge is 0.464 e. The van der Waals surface area contributed by atoms with Crippen molar-refractivity contribution in [1.82, 2.24) is 0 Å². The van der Waals surface area contributed by atoms with Crippen molar-refractivity contribution in [3.05, 3.63) is 28.8 Å². The Kier molecular flexibility index (Phi) is 4.65. The maximum atomic E-state index is 12.9. The predicted molar refractivity (Wildman–Crippen MR) is 73.6 cm³/mol. The third-order valence-electron chi connectivity index (χ3n) is 3.26. The normalized spacial score (nSPS) is 18.7. The Labute approximate surface area is 129 Å². The molecule has 2 rings (SSSR count). The van der Waals surface area contributed by atoms with Crippen molar-refractivity contribution in [3.8, 4) is 0 Å². The van der Waals surface area contributed by atoms with Crippen LogP contribution in [0.25, 0.3) is 0 Å². The first-order chi connectivity index (χ1) is 10.2. The lowest BCUT2D eigenvalue weighted by atomic mass is 10.1. The number of hydrogen-bond acceptors (Lipinski definition) is 3. The van der Waals surface area contributed by atoms with Crippen LogP contribution >= 0.6 is 11.6 Å². The van der Waals surface area contributed by atoms with E-state index in [2.05, 4.69) is 0 Å². The number of hydrogen-bond donors (Lipinski definition) is 0. The maximum absolute atomic E-state index is 12.9. The van der Waals surface area contributed by atoms with E-state index in [1.807, 2.05) is 0 Å². The molecule has 1 aliphatic heterocycles. The monoisotopic (exact) mass is 335 g/mol. The molecule has 0 bridgehead atoms. The van der Waals surface area contributed by atoms with Crippen LogP contribution in [0.2, 0.25) is 5.02 Å². The summed E-state index contributed by atoms with van der Waals surface area (Å²) in [5.74, 6) is -1.07. The standard InChI is InChI=1S/C14H13ClF3NO3/c1-2-22-13(21)11-3-4-12(20)19(11)10-6-8(14(16,17)18)5-9(15)7-10/h5-7,11H,2-4H2,1H3/t11-/m1/s1. The summed E-state index contributed by atoms with van der Waals surface area (Å²) in [6.07, 6.45) is -4.33. The van der Waals surface area contributed by atoms with Gasteiger partial charge in [0.2, 0.25) is 5.91 Å². The minimum Gasteiger partial charge on any atom is -0.464 e. The average Bonchev–Trinajstić information content (AvgIpc) is 2.79. The summed E-state index contributed by atoms with van der Waals surface area (Å²) in [4.78, 5) is 24.9. The highest BCUT2D eigenvalue weighted by Gasteiger charge is 2.39. The number of nitrogens with zero attached hydrogens (tertiary/aromatic N) is 1. The number of amides is 1. The van der Waals surface area contributed by atoms with Crippen LogP contribution in [0.5, 0.6) is 0 Å². The number of anilines is 1. The Morgan fingerprint density at radius 2 is 2.09 bits per heavy atom. The third kappa shape index (κ3) is 3.35. The van der Waals surface area contributed by atoms with Crippen molar-refractivity contribution in [3.63, 3.8) is 0 Å². The fraction of sp³-hybridized carbons (Fsp3) is 0.429. The molecule has 22 heavy (non-hydrogen) atoms. The van der Waals surface area contributed by atoms with Gasteiger partial charge in [-0.05, 0) is 31.5 Å². The SMILES string of the molecule is CCOC(=O)[C@H]1CCC(=O)N1c1cc(Cl)cc(C(F)(F)F)c1. The van der Waals surface area contributed by atoms with Crippen LogP contribution in [0.15, 0.2) is 18.2 Å². The molecule has 1 saturated heterocycles. The second-order valence-electron chi connectivity index (χ2n) is 4.77. The Hall–Kier alpha value is -1.76. The number of ether oxygens (including phenoxy) is 1. The summed E-state index contributed by atoms with van der Waals surface area (Å²) in [7, 11) is 0. The first-order valence-electron chi connectivity index (χ1n) is 6.60. The van der Waals surface area contributed by atoms with E-state index in [1.165, 1.54) is 6.07 Å². The molecule has 1 aromatic carbocycles. The van der Waals surface area contributed by atoms with E-state index in [0.717, 1.165) is 17.0 Å². The highest BCUT2D eigenvalue weighted by Crippen LogP contribution is 2.36. The summed E-state index contributed by atoms with van der Waals surface area (Å²) in [5.41, 5.74) is -1.03. The van der Waals surface area contributed by atoms with E-state index < -0.39 is 29.7 Å². The summed E-state index contributed by atoms with van der Waals surface area (Å²) < 4.78 is 43.4. The molecule has 1 fully saturated rings. The number of halogens is 4. The number of carbonyl (C=O) groups excluding carboxylic acids is 2. The molecule has 0 N–H and O–H groups in total. The summed E-state index contributed by atoms with van der Waals surface area (Å²) in [6.45, 7) is 1.74. The Bertz CT molecular complexity index is 603. The van der Waals surface area contributed by atoms with Gasteiger partial charge in [0.05, 0.1) is 12.2 Å². The van der Waals surface area contributed by atoms with E-state index in [-0.39, 0.29) is 30.2 Å². The summed E-state index contributed by atoms with van der Waals surface area (Å²) in [6, 6.07) is 1.88. The lowest BCUT2D eigenvalue weighted by molar-refractivity contribution is -0.144. The van der Waals surface area contributed by atoms with Gasteiger partial charge in [0.25, 0.3) is 0 Å². The lowest BCUT2D eigenvalue weighted by Gasteiger charge is -2.24. The van der Waals surface area contributed by atoms with Crippen LogP contribution in [0.3, 0.4) is 0 Å². The zero-order valence-corrected chi connectivity index (χ0v) is 12.4. The molecular formula is C14H13ClF3NO3. The molecule has 1 aliphatic rings. The molecule has 1 atom stereocenters. The van der Waals surface area contributed by atoms with Crippen molar-refractivity contribution in [2.24, 2.45) is 0 Å². The fourth-order valence-electron chi connectivity index (χ4n) is 2.35. The van der Waals surface area contributed by atoms with Crippen LogP contribution in [0.1, 0.15) is 25.3 Å². The van der Waals surface area contributed by atoms with Crippen molar-refractivity contribution in [2.45, 2.75) is 32.0 Å². The molecule has 1 aromatic rings. The Morgan fingerprint density at radius 3 is 2.68 bits per heavy atom. The van der Waals surface area contributed by atoms with Gasteiger partial charge in [0.15, 0.2) is 0 Å². The molecule has 1 amide bonds. The smallest absolute Gasteiger partial charge is 0.416 e. The predicted octanol–water partition coefficient (Wildman–Crippen LogP) is 3.42. The first-order valence-corrected chi connectivity index (χ1v) is 6.98. The number of rotatable bonds is 3. The van der Waals surface area contributed by atoms with Crippen LogP contribution in [-0.2, 0) is 20.5 Å². The highest BCUT2D eigenvalue weighted by atomic mass is 35.5. The fourth-order valence-corrected chi connectivity index (χ4v) is 2.58. The summed E-state index contributed by atoms with van der Waals surface area (Å²) >= 11 is 5.72. The molecule has 0 unspecified atom stereocenters. The van der Waals surface area contributed by atoms with Gasteiger partial charge < -0.3 is 4.74 Å². The van der Waals surface area contributed by atoms with E-state index >= 15 is 0 Å². The zero-order valence-electron chi connectivity index (χ0n) is 11.6. The zero-order chi connectivity index (χ0) is 16.5. The Morgan fingerprint density at radius 1 is 1.41 bits per heavy atom. The molecule has 0 saturated carbocycles. The number of alkyl halides is 3. The van der Waals surface area contributed by atoms with Gasteiger partial charge >= 0.3 is 12.1 Å². The molecule has 0 aliphatic carbocycles. The van der Waals surface area contributed by atoms with Gasteiger partial charge in [-0.2, -0.15) is 13.2 Å². The van der Waals surface area contributed by atoms with E-state index in [1.54, 1.807) is 6.92 Å². The van der Waals surface area contributed by atoms with Gasteiger partial charge in [0, 0.05) is 17.1 Å². The maximum Gasteiger partial charge on any atom is 0.416 e.